The molecule has 0 aliphatic carbocycles. The van der Waals surface area contributed by atoms with E-state index in [0.29, 0.717) is 17.1 Å². The van der Waals surface area contributed by atoms with Gasteiger partial charge in [0.2, 0.25) is 5.91 Å². The molecule has 1 aliphatic rings. The summed E-state index contributed by atoms with van der Waals surface area (Å²) < 4.78 is 0. The number of thiophene rings is 1. The third-order valence-electron chi connectivity index (χ3n) is 4.49. The van der Waals surface area contributed by atoms with E-state index in [2.05, 4.69) is 29.4 Å². The number of carbonyl (C=O) groups is 3. The first-order chi connectivity index (χ1) is 14.2. The van der Waals surface area contributed by atoms with Gasteiger partial charge in [0, 0.05) is 35.7 Å². The Morgan fingerprint density at radius 1 is 1.23 bits per heavy atom. The number of nitrogens with zero attached hydrogens (tertiary/aromatic N) is 1. The van der Waals surface area contributed by atoms with Crippen molar-refractivity contribution < 1.29 is 24.6 Å². The van der Waals surface area contributed by atoms with Gasteiger partial charge in [-0.25, -0.2) is 4.79 Å². The van der Waals surface area contributed by atoms with Gasteiger partial charge in [-0.05, 0) is 35.1 Å². The van der Waals surface area contributed by atoms with Crippen LogP contribution >= 0.6 is 35.6 Å². The lowest BCUT2D eigenvalue weighted by atomic mass is 10.0. The number of hydrogen-bond acceptors (Lipinski definition) is 6. The summed E-state index contributed by atoms with van der Waals surface area (Å²) in [5.41, 5.74) is 1.90. The van der Waals surface area contributed by atoms with Crippen molar-refractivity contribution >= 4 is 53.4 Å². The predicted octanol–water partition coefficient (Wildman–Crippen LogP) is 3.09. The van der Waals surface area contributed by atoms with Gasteiger partial charge in [0.25, 0.3) is 0 Å². The first kappa shape index (κ1) is 24.2. The summed E-state index contributed by atoms with van der Waals surface area (Å²) in [5.74, 6) is -2.17. The molecule has 30 heavy (non-hydrogen) atoms. The minimum absolute atomic E-state index is 0.106. The Balaban J connectivity index is 0.000000274. The van der Waals surface area contributed by atoms with E-state index in [1.807, 2.05) is 17.0 Å². The van der Waals surface area contributed by atoms with E-state index >= 15 is 0 Å². The van der Waals surface area contributed by atoms with Crippen LogP contribution in [0.1, 0.15) is 29.0 Å². The molecule has 162 valence electrons. The molecular weight excluding hydrogens is 448 g/mol. The Morgan fingerprint density at radius 3 is 2.47 bits per heavy atom. The number of carbonyl (C=O) groups excluding carboxylic acids is 1. The number of carboxylic acid groups (broad SMARTS) is 2. The number of benzene rings is 1. The highest BCUT2D eigenvalue weighted by Crippen LogP contribution is 2.33. The molecule has 0 bridgehead atoms. The van der Waals surface area contributed by atoms with Gasteiger partial charge in [0.05, 0.1) is 0 Å². The zero-order valence-electron chi connectivity index (χ0n) is 16.2. The maximum absolute atomic E-state index is 11.7. The predicted molar refractivity (Wildman–Crippen MR) is 119 cm³/mol. The zero-order chi connectivity index (χ0) is 22.3. The van der Waals surface area contributed by atoms with Crippen molar-refractivity contribution in [3.8, 4) is 0 Å². The van der Waals surface area contributed by atoms with Gasteiger partial charge in [-0.15, -0.1) is 11.3 Å². The topological polar surface area (TPSA) is 107 Å². The molecule has 0 saturated carbocycles. The summed E-state index contributed by atoms with van der Waals surface area (Å²) in [6.45, 7) is 2.68. The van der Waals surface area contributed by atoms with E-state index in [4.69, 9.17) is 16.7 Å². The second-order valence-electron chi connectivity index (χ2n) is 6.63. The number of nitrogens with one attached hydrogen (secondary N) is 1. The molecule has 7 nitrogen and oxygen atoms in total. The van der Waals surface area contributed by atoms with E-state index in [1.54, 1.807) is 23.5 Å². The summed E-state index contributed by atoms with van der Waals surface area (Å²) in [6.07, 6.45) is 0.904. The van der Waals surface area contributed by atoms with Crippen LogP contribution in [-0.4, -0.2) is 51.3 Å². The number of hydrogen-bond donors (Lipinski definition) is 4. The van der Waals surface area contributed by atoms with Crippen LogP contribution in [0.3, 0.4) is 0 Å². The lowest BCUT2D eigenvalue weighted by molar-refractivity contribution is -0.144. The number of fused-ring (bicyclic) bond motifs is 1. The molecular formula is C20H23ClN2O5S2. The van der Waals surface area contributed by atoms with Crippen molar-refractivity contribution in [1.82, 2.24) is 10.2 Å². The van der Waals surface area contributed by atoms with E-state index in [0.717, 1.165) is 13.0 Å². The number of rotatable bonds is 6. The molecule has 0 radical (unpaired) electrons. The Kier molecular flexibility index (Phi) is 9.16. The van der Waals surface area contributed by atoms with Crippen LogP contribution in [0.5, 0.6) is 0 Å². The van der Waals surface area contributed by atoms with Crippen LogP contribution in [0.15, 0.2) is 35.7 Å². The van der Waals surface area contributed by atoms with Crippen LogP contribution in [-0.2, 0) is 27.3 Å². The lowest BCUT2D eigenvalue weighted by Gasteiger charge is -2.32. The van der Waals surface area contributed by atoms with E-state index in [1.165, 1.54) is 17.4 Å². The molecule has 1 unspecified atom stereocenters. The average molecular weight is 471 g/mol. The van der Waals surface area contributed by atoms with Gasteiger partial charge >= 0.3 is 11.9 Å². The monoisotopic (exact) mass is 470 g/mol. The Hall–Kier alpha value is -2.07. The standard InChI is InChI=1S/C15H14ClNO2S.C5H9NO3S/c16-12-4-2-1-3-11(12)14(15(18)19)17-7-5-13-10(9-17)6-8-20-13;1-3(7)6-4(2-10)5(8)9/h1-4,6,8,14H,5,7,9H2,(H,18,19);4,10H,2H2,1H3,(H,6,7)(H,8,9)/t14-;/m0./s1. The normalized spacial score (nSPS) is 15.2. The van der Waals surface area contributed by atoms with Gasteiger partial charge < -0.3 is 15.5 Å². The van der Waals surface area contributed by atoms with Crippen LogP contribution in [0, 0.1) is 0 Å². The maximum Gasteiger partial charge on any atom is 0.327 e. The molecule has 3 N–H and O–H groups in total. The van der Waals surface area contributed by atoms with Crippen molar-refractivity contribution in [3.05, 3.63) is 56.7 Å². The zero-order valence-corrected chi connectivity index (χ0v) is 18.7. The molecule has 1 aromatic heterocycles. The SMILES string of the molecule is CC(=O)NC(CS)C(=O)O.O=C(O)[C@H](c1ccccc1Cl)N1CCc2sccc2C1. The third-order valence-corrected chi connectivity index (χ3v) is 6.23. The van der Waals surface area contributed by atoms with E-state index in [9.17, 15) is 19.5 Å². The molecule has 10 heteroatoms. The van der Waals surface area contributed by atoms with Crippen molar-refractivity contribution in [2.75, 3.05) is 12.3 Å². The van der Waals surface area contributed by atoms with Crippen molar-refractivity contribution in [2.24, 2.45) is 0 Å². The Bertz CT molecular complexity index is 905. The lowest BCUT2D eigenvalue weighted by Crippen LogP contribution is -2.40. The molecule has 1 aliphatic heterocycles. The molecule has 0 fully saturated rings. The van der Waals surface area contributed by atoms with Crippen molar-refractivity contribution in [3.63, 3.8) is 0 Å². The van der Waals surface area contributed by atoms with Crippen LogP contribution in [0.4, 0.5) is 0 Å². The highest BCUT2D eigenvalue weighted by molar-refractivity contribution is 7.80. The molecule has 1 aromatic carbocycles. The van der Waals surface area contributed by atoms with Gasteiger partial charge in [-0.2, -0.15) is 12.6 Å². The third kappa shape index (κ3) is 6.46. The second-order valence-corrected chi connectivity index (χ2v) is 8.40. The number of aliphatic carboxylic acids is 2. The summed E-state index contributed by atoms with van der Waals surface area (Å²) >= 11 is 11.7. The van der Waals surface area contributed by atoms with Crippen molar-refractivity contribution in [2.45, 2.75) is 32.0 Å². The smallest absolute Gasteiger partial charge is 0.327 e. The first-order valence-electron chi connectivity index (χ1n) is 9.11. The van der Waals surface area contributed by atoms with Crippen molar-refractivity contribution in [1.29, 1.82) is 0 Å². The van der Waals surface area contributed by atoms with Crippen LogP contribution < -0.4 is 5.32 Å². The van der Waals surface area contributed by atoms with E-state index in [-0.39, 0.29) is 11.7 Å². The minimum Gasteiger partial charge on any atom is -0.480 e. The molecule has 2 aromatic rings. The highest BCUT2D eigenvalue weighted by atomic mass is 35.5. The fraction of sp³-hybridized carbons (Fsp3) is 0.350. The number of thiol groups is 1. The Labute approximate surface area is 189 Å². The van der Waals surface area contributed by atoms with Crippen LogP contribution in [0.2, 0.25) is 5.02 Å². The molecule has 0 saturated heterocycles. The fourth-order valence-corrected chi connectivity index (χ4v) is 4.48. The Morgan fingerprint density at radius 2 is 1.93 bits per heavy atom. The van der Waals surface area contributed by atoms with Crippen LogP contribution in [0.25, 0.3) is 0 Å². The maximum atomic E-state index is 11.7. The second kappa shape index (κ2) is 11.4. The average Bonchev–Trinajstić information content (AvgIpc) is 3.15. The van der Waals surface area contributed by atoms with Gasteiger partial charge in [0.15, 0.2) is 0 Å². The number of carboxylic acids is 2. The molecule has 2 atom stereocenters. The molecule has 2 heterocycles. The summed E-state index contributed by atoms with van der Waals surface area (Å²) in [6, 6.07) is 7.71. The highest BCUT2D eigenvalue weighted by Gasteiger charge is 2.31. The fourth-order valence-electron chi connectivity index (χ4n) is 3.10. The molecule has 1 amide bonds. The molecule has 3 rings (SSSR count). The first-order valence-corrected chi connectivity index (χ1v) is 11.0. The van der Waals surface area contributed by atoms with Gasteiger partial charge in [0.1, 0.15) is 12.1 Å². The summed E-state index contributed by atoms with van der Waals surface area (Å²) in [4.78, 5) is 35.6. The largest absolute Gasteiger partial charge is 0.480 e. The van der Waals surface area contributed by atoms with Gasteiger partial charge in [-0.1, -0.05) is 29.8 Å². The molecule has 0 spiro atoms. The quantitative estimate of drug-likeness (QED) is 0.483. The van der Waals surface area contributed by atoms with Gasteiger partial charge in [-0.3, -0.25) is 14.5 Å². The minimum atomic E-state index is -1.06. The summed E-state index contributed by atoms with van der Waals surface area (Å²) in [5, 5.41) is 22.8. The number of halogens is 1. The number of amides is 1. The van der Waals surface area contributed by atoms with E-state index < -0.39 is 24.0 Å². The summed E-state index contributed by atoms with van der Waals surface area (Å²) in [7, 11) is 0.